The number of carbonyl (C=O) groups excluding carboxylic acids is 2. The number of amides is 2. The van der Waals surface area contributed by atoms with Gasteiger partial charge in [0.05, 0.1) is 28.0 Å². The number of anilines is 1. The van der Waals surface area contributed by atoms with Gasteiger partial charge >= 0.3 is 0 Å². The van der Waals surface area contributed by atoms with Gasteiger partial charge in [-0.1, -0.05) is 31.0 Å². The van der Waals surface area contributed by atoms with Crippen LogP contribution in [-0.2, 0) is 11.2 Å². The third-order valence-corrected chi connectivity index (χ3v) is 5.13. The van der Waals surface area contributed by atoms with E-state index in [4.69, 9.17) is 11.6 Å². The Morgan fingerprint density at radius 3 is 2.72 bits per heavy atom. The highest BCUT2D eigenvalue weighted by Crippen LogP contribution is 2.22. The van der Waals surface area contributed by atoms with E-state index in [2.05, 4.69) is 22.5 Å². The number of aromatic nitrogens is 1. The topological polar surface area (TPSA) is 71.1 Å². The number of nitrogens with one attached hydrogen (secondary N) is 2. The van der Waals surface area contributed by atoms with Crippen LogP contribution in [0, 0.1) is 13.8 Å². The van der Waals surface area contributed by atoms with Gasteiger partial charge in [0.1, 0.15) is 4.88 Å². The van der Waals surface area contributed by atoms with Crippen molar-refractivity contribution in [2.24, 2.45) is 0 Å². The Morgan fingerprint density at radius 1 is 1.28 bits per heavy atom. The van der Waals surface area contributed by atoms with E-state index >= 15 is 0 Å². The zero-order chi connectivity index (χ0) is 18.4. The lowest BCUT2D eigenvalue weighted by atomic mass is 10.2. The average molecular weight is 380 g/mol. The van der Waals surface area contributed by atoms with E-state index in [0.29, 0.717) is 21.3 Å². The van der Waals surface area contributed by atoms with Crippen molar-refractivity contribution in [2.75, 3.05) is 11.9 Å². The number of benzene rings is 1. The number of unbranched alkanes of at least 4 members (excludes halogenated alkanes) is 1. The van der Waals surface area contributed by atoms with Crippen LogP contribution in [0.2, 0.25) is 5.02 Å². The Bertz CT molecular complexity index is 774. The molecule has 2 rings (SSSR count). The van der Waals surface area contributed by atoms with Crippen LogP contribution in [0.3, 0.4) is 0 Å². The first-order valence-corrected chi connectivity index (χ1v) is 9.40. The second-order valence-electron chi connectivity index (χ2n) is 5.84. The zero-order valence-electron chi connectivity index (χ0n) is 14.6. The summed E-state index contributed by atoms with van der Waals surface area (Å²) in [6.07, 6.45) is 3.01. The lowest BCUT2D eigenvalue weighted by Crippen LogP contribution is -2.32. The summed E-state index contributed by atoms with van der Waals surface area (Å²) in [5, 5.41) is 6.76. The Morgan fingerprint density at radius 2 is 2.04 bits per heavy atom. The predicted octanol–water partition coefficient (Wildman–Crippen LogP) is 4.12. The van der Waals surface area contributed by atoms with Crippen molar-refractivity contribution < 1.29 is 9.59 Å². The SMILES string of the molecule is CCCCc1nc(C)c(C(=O)NCC(=O)Nc2ccc(C)cc2Cl)s1. The van der Waals surface area contributed by atoms with Crippen molar-refractivity contribution in [3.05, 3.63) is 44.4 Å². The van der Waals surface area contributed by atoms with E-state index in [9.17, 15) is 9.59 Å². The number of rotatable bonds is 7. The van der Waals surface area contributed by atoms with Gasteiger partial charge < -0.3 is 10.6 Å². The molecule has 2 aromatic rings. The molecule has 0 fully saturated rings. The second kappa shape index (κ2) is 8.97. The largest absolute Gasteiger partial charge is 0.342 e. The molecular weight excluding hydrogens is 358 g/mol. The number of hydrogen-bond donors (Lipinski definition) is 2. The number of carbonyl (C=O) groups is 2. The van der Waals surface area contributed by atoms with Gasteiger partial charge in [0.2, 0.25) is 5.91 Å². The highest BCUT2D eigenvalue weighted by molar-refractivity contribution is 7.13. The van der Waals surface area contributed by atoms with Gasteiger partial charge in [0.25, 0.3) is 5.91 Å². The van der Waals surface area contributed by atoms with E-state index in [-0.39, 0.29) is 18.4 Å². The predicted molar refractivity (Wildman–Crippen MR) is 103 cm³/mol. The van der Waals surface area contributed by atoms with Crippen LogP contribution in [0.1, 0.15) is 45.7 Å². The summed E-state index contributed by atoms with van der Waals surface area (Å²) in [6.45, 7) is 5.73. The van der Waals surface area contributed by atoms with Crippen LogP contribution in [0.5, 0.6) is 0 Å². The maximum atomic E-state index is 12.3. The lowest BCUT2D eigenvalue weighted by molar-refractivity contribution is -0.115. The monoisotopic (exact) mass is 379 g/mol. The van der Waals surface area contributed by atoms with Crippen molar-refractivity contribution in [1.82, 2.24) is 10.3 Å². The van der Waals surface area contributed by atoms with Gasteiger partial charge in [-0.2, -0.15) is 0 Å². The first-order chi connectivity index (χ1) is 11.9. The first kappa shape index (κ1) is 19.4. The average Bonchev–Trinajstić information content (AvgIpc) is 2.94. The molecule has 0 aliphatic rings. The molecule has 0 bridgehead atoms. The third kappa shape index (κ3) is 5.54. The summed E-state index contributed by atoms with van der Waals surface area (Å²) < 4.78 is 0. The van der Waals surface area contributed by atoms with E-state index in [0.717, 1.165) is 29.8 Å². The van der Waals surface area contributed by atoms with Crippen LogP contribution in [0.15, 0.2) is 18.2 Å². The van der Waals surface area contributed by atoms with E-state index in [1.807, 2.05) is 19.9 Å². The van der Waals surface area contributed by atoms with Gasteiger partial charge in [0.15, 0.2) is 0 Å². The second-order valence-corrected chi connectivity index (χ2v) is 7.33. The summed E-state index contributed by atoms with van der Waals surface area (Å²) >= 11 is 7.48. The van der Waals surface area contributed by atoms with Crippen molar-refractivity contribution in [2.45, 2.75) is 40.0 Å². The number of aryl methyl sites for hydroxylation is 3. The van der Waals surface area contributed by atoms with Crippen LogP contribution in [-0.4, -0.2) is 23.3 Å². The molecule has 134 valence electrons. The molecule has 0 aliphatic carbocycles. The van der Waals surface area contributed by atoms with E-state index in [1.54, 1.807) is 12.1 Å². The summed E-state index contributed by atoms with van der Waals surface area (Å²) in [6, 6.07) is 5.37. The minimum absolute atomic E-state index is 0.120. The Balaban J connectivity index is 1.91. The Labute approximate surface area is 156 Å². The van der Waals surface area contributed by atoms with Crippen molar-refractivity contribution in [3.63, 3.8) is 0 Å². The van der Waals surface area contributed by atoms with E-state index < -0.39 is 0 Å². The molecule has 7 heteroatoms. The molecule has 0 atom stereocenters. The van der Waals surface area contributed by atoms with E-state index in [1.165, 1.54) is 11.3 Å². The number of hydrogen-bond acceptors (Lipinski definition) is 4. The van der Waals surface area contributed by atoms with Crippen LogP contribution in [0.25, 0.3) is 0 Å². The molecule has 0 saturated carbocycles. The van der Waals surface area contributed by atoms with Crippen LogP contribution < -0.4 is 10.6 Å². The minimum atomic E-state index is -0.326. The molecule has 25 heavy (non-hydrogen) atoms. The van der Waals surface area contributed by atoms with Crippen molar-refractivity contribution in [3.8, 4) is 0 Å². The zero-order valence-corrected chi connectivity index (χ0v) is 16.2. The van der Waals surface area contributed by atoms with Crippen molar-refractivity contribution >= 4 is 40.4 Å². The molecule has 0 aliphatic heterocycles. The molecule has 0 saturated heterocycles. The maximum Gasteiger partial charge on any atom is 0.263 e. The molecule has 1 heterocycles. The number of thiazole rings is 1. The Hall–Kier alpha value is -1.92. The van der Waals surface area contributed by atoms with Crippen LogP contribution in [0.4, 0.5) is 5.69 Å². The maximum absolute atomic E-state index is 12.3. The quantitative estimate of drug-likeness (QED) is 0.759. The lowest BCUT2D eigenvalue weighted by Gasteiger charge is -2.08. The van der Waals surface area contributed by atoms with Gasteiger partial charge in [-0.3, -0.25) is 9.59 Å². The molecular formula is C18H22ClN3O2S. The van der Waals surface area contributed by atoms with Gasteiger partial charge in [-0.05, 0) is 44.4 Å². The molecule has 0 unspecified atom stereocenters. The standard InChI is InChI=1S/C18H22ClN3O2S/c1-4-5-6-16-21-12(3)17(25-16)18(24)20-10-15(23)22-14-8-7-11(2)9-13(14)19/h7-9H,4-6,10H2,1-3H3,(H,20,24)(H,22,23). The molecule has 0 spiro atoms. The molecule has 2 N–H and O–H groups in total. The normalized spacial score (nSPS) is 10.6. The van der Waals surface area contributed by atoms with Crippen LogP contribution >= 0.6 is 22.9 Å². The fraction of sp³-hybridized carbons (Fsp3) is 0.389. The molecule has 2 amide bonds. The molecule has 1 aromatic carbocycles. The minimum Gasteiger partial charge on any atom is -0.342 e. The highest BCUT2D eigenvalue weighted by atomic mass is 35.5. The fourth-order valence-corrected chi connectivity index (χ4v) is 3.56. The summed E-state index contributed by atoms with van der Waals surface area (Å²) in [4.78, 5) is 29.3. The van der Waals surface area contributed by atoms with Gasteiger partial charge in [-0.15, -0.1) is 11.3 Å². The van der Waals surface area contributed by atoms with Gasteiger partial charge in [0, 0.05) is 0 Å². The Kier molecular flexibility index (Phi) is 6.96. The molecule has 0 radical (unpaired) electrons. The van der Waals surface area contributed by atoms with Gasteiger partial charge in [-0.25, -0.2) is 4.98 Å². The number of halogens is 1. The highest BCUT2D eigenvalue weighted by Gasteiger charge is 2.16. The summed E-state index contributed by atoms with van der Waals surface area (Å²) in [7, 11) is 0. The fourth-order valence-electron chi connectivity index (χ4n) is 2.25. The molecule has 1 aromatic heterocycles. The summed E-state index contributed by atoms with van der Waals surface area (Å²) in [5.41, 5.74) is 2.24. The molecule has 5 nitrogen and oxygen atoms in total. The number of nitrogens with zero attached hydrogens (tertiary/aromatic N) is 1. The van der Waals surface area contributed by atoms with Crippen molar-refractivity contribution in [1.29, 1.82) is 0 Å². The smallest absolute Gasteiger partial charge is 0.263 e. The first-order valence-electron chi connectivity index (χ1n) is 8.21. The summed E-state index contributed by atoms with van der Waals surface area (Å²) in [5.74, 6) is -0.602. The third-order valence-electron chi connectivity index (χ3n) is 3.60.